The zero-order valence-corrected chi connectivity index (χ0v) is 8.23. The van der Waals surface area contributed by atoms with Crippen molar-refractivity contribution in [1.82, 2.24) is 5.32 Å². The van der Waals surface area contributed by atoms with E-state index in [4.69, 9.17) is 14.6 Å². The van der Waals surface area contributed by atoms with Gasteiger partial charge < -0.3 is 19.9 Å². The Balaban J connectivity index is 2.18. The second-order valence-electron chi connectivity index (χ2n) is 3.12. The second-order valence-corrected chi connectivity index (χ2v) is 3.12. The molecular weight excluding hydrogens is 214 g/mol. The van der Waals surface area contributed by atoms with Gasteiger partial charge in [-0.3, -0.25) is 9.59 Å². The maximum Gasteiger partial charge on any atom is 0.322 e. The Labute approximate surface area is 90.8 Å². The highest BCUT2D eigenvalue weighted by molar-refractivity contribution is 5.99. The minimum Gasteiger partial charge on any atom is -0.480 e. The Morgan fingerprint density at radius 1 is 1.38 bits per heavy atom. The number of nitrogens with one attached hydrogen (secondary N) is 1. The molecule has 0 radical (unpaired) electrons. The van der Waals surface area contributed by atoms with E-state index in [9.17, 15) is 9.59 Å². The van der Waals surface area contributed by atoms with Gasteiger partial charge in [-0.1, -0.05) is 6.07 Å². The topological polar surface area (TPSA) is 84.9 Å². The molecule has 0 aromatic heterocycles. The van der Waals surface area contributed by atoms with Crippen molar-refractivity contribution in [3.63, 3.8) is 0 Å². The summed E-state index contributed by atoms with van der Waals surface area (Å²) in [6.45, 7) is -0.359. The van der Waals surface area contributed by atoms with E-state index < -0.39 is 18.4 Å². The maximum absolute atomic E-state index is 11.6. The third-order valence-corrected chi connectivity index (χ3v) is 2.04. The van der Waals surface area contributed by atoms with Crippen LogP contribution in [0.2, 0.25) is 0 Å². The highest BCUT2D eigenvalue weighted by atomic mass is 16.7. The van der Waals surface area contributed by atoms with Crippen molar-refractivity contribution in [3.8, 4) is 11.5 Å². The van der Waals surface area contributed by atoms with Gasteiger partial charge in [0.25, 0.3) is 5.91 Å². The van der Waals surface area contributed by atoms with E-state index in [0.717, 1.165) is 0 Å². The quantitative estimate of drug-likeness (QED) is 0.766. The number of amides is 1. The summed E-state index contributed by atoms with van der Waals surface area (Å²) in [7, 11) is 0. The minimum absolute atomic E-state index is 0.0680. The summed E-state index contributed by atoms with van der Waals surface area (Å²) < 4.78 is 10.2. The molecule has 0 saturated heterocycles. The molecule has 0 spiro atoms. The lowest BCUT2D eigenvalue weighted by atomic mass is 10.1. The molecule has 1 aliphatic rings. The Bertz CT molecular complexity index is 443. The Hall–Kier alpha value is -2.24. The van der Waals surface area contributed by atoms with Crippen LogP contribution in [0.15, 0.2) is 18.2 Å². The van der Waals surface area contributed by atoms with Gasteiger partial charge in [0.2, 0.25) is 6.79 Å². The summed E-state index contributed by atoms with van der Waals surface area (Å²) in [6, 6.07) is 4.87. The van der Waals surface area contributed by atoms with Crippen LogP contribution in [-0.2, 0) is 4.79 Å². The number of hydrogen-bond donors (Lipinski definition) is 2. The third-order valence-electron chi connectivity index (χ3n) is 2.04. The van der Waals surface area contributed by atoms with Gasteiger partial charge in [-0.25, -0.2) is 0 Å². The molecule has 0 aliphatic carbocycles. The Kier molecular flexibility index (Phi) is 2.63. The van der Waals surface area contributed by atoms with Gasteiger partial charge in [0.1, 0.15) is 6.54 Å². The van der Waals surface area contributed by atoms with E-state index >= 15 is 0 Å². The fraction of sp³-hybridized carbons (Fsp3) is 0.200. The summed E-state index contributed by atoms with van der Waals surface area (Å²) in [6.07, 6.45) is 0. The molecule has 6 heteroatoms. The number of aliphatic carboxylic acids is 1. The molecule has 0 unspecified atom stereocenters. The fourth-order valence-electron chi connectivity index (χ4n) is 1.36. The molecule has 1 aromatic rings. The lowest BCUT2D eigenvalue weighted by molar-refractivity contribution is -0.135. The smallest absolute Gasteiger partial charge is 0.322 e. The number of fused-ring (bicyclic) bond motifs is 1. The van der Waals surface area contributed by atoms with Crippen molar-refractivity contribution in [3.05, 3.63) is 23.8 Å². The van der Waals surface area contributed by atoms with E-state index in [2.05, 4.69) is 5.32 Å². The minimum atomic E-state index is -1.10. The SMILES string of the molecule is O=C(O)CNC(=O)c1cccc2c1OCO2. The highest BCUT2D eigenvalue weighted by Gasteiger charge is 2.21. The van der Waals surface area contributed by atoms with Crippen molar-refractivity contribution in [2.75, 3.05) is 13.3 Å². The standard InChI is InChI=1S/C10H9NO5/c12-8(13)4-11-10(14)6-2-1-3-7-9(6)16-5-15-7/h1-3H,4-5H2,(H,11,14)(H,12,13). The number of carbonyl (C=O) groups excluding carboxylic acids is 1. The first kappa shape index (κ1) is 10.3. The molecule has 1 heterocycles. The monoisotopic (exact) mass is 223 g/mol. The maximum atomic E-state index is 11.6. The molecular formula is C10H9NO5. The van der Waals surface area contributed by atoms with E-state index in [0.29, 0.717) is 11.5 Å². The van der Waals surface area contributed by atoms with Crippen LogP contribution in [0.25, 0.3) is 0 Å². The van der Waals surface area contributed by atoms with Gasteiger partial charge in [-0.15, -0.1) is 0 Å². The average Bonchev–Trinajstić information content (AvgIpc) is 2.73. The number of carboxylic acids is 1. The molecule has 1 aliphatic heterocycles. The number of benzene rings is 1. The first-order valence-corrected chi connectivity index (χ1v) is 4.57. The van der Waals surface area contributed by atoms with Gasteiger partial charge in [0, 0.05) is 0 Å². The van der Waals surface area contributed by atoms with E-state index in [1.165, 1.54) is 0 Å². The molecule has 6 nitrogen and oxygen atoms in total. The summed E-state index contributed by atoms with van der Waals surface area (Å²) in [5.74, 6) is -0.754. The van der Waals surface area contributed by atoms with Crippen LogP contribution in [0.3, 0.4) is 0 Å². The van der Waals surface area contributed by atoms with Gasteiger partial charge in [0.05, 0.1) is 5.56 Å². The van der Waals surface area contributed by atoms with Crippen molar-refractivity contribution in [2.24, 2.45) is 0 Å². The van der Waals surface area contributed by atoms with Crippen LogP contribution in [-0.4, -0.2) is 30.3 Å². The molecule has 1 amide bonds. The summed E-state index contributed by atoms with van der Waals surface area (Å²) >= 11 is 0. The zero-order valence-electron chi connectivity index (χ0n) is 8.23. The number of para-hydroxylation sites is 1. The summed E-state index contributed by atoms with van der Waals surface area (Å²) in [4.78, 5) is 21.9. The predicted octanol–water partition coefficient (Wildman–Crippen LogP) is 0.230. The normalized spacial score (nSPS) is 12.2. The lowest BCUT2D eigenvalue weighted by Crippen LogP contribution is -2.29. The van der Waals surface area contributed by atoms with Crippen molar-refractivity contribution >= 4 is 11.9 Å². The molecule has 2 rings (SSSR count). The van der Waals surface area contributed by atoms with E-state index in [1.54, 1.807) is 18.2 Å². The van der Waals surface area contributed by atoms with Crippen LogP contribution in [0, 0.1) is 0 Å². The average molecular weight is 223 g/mol. The molecule has 84 valence electrons. The largest absolute Gasteiger partial charge is 0.480 e. The van der Waals surface area contributed by atoms with Crippen molar-refractivity contribution in [2.45, 2.75) is 0 Å². The Morgan fingerprint density at radius 3 is 2.94 bits per heavy atom. The van der Waals surface area contributed by atoms with E-state index in [1.807, 2.05) is 0 Å². The van der Waals surface area contributed by atoms with Crippen LogP contribution >= 0.6 is 0 Å². The van der Waals surface area contributed by atoms with Crippen molar-refractivity contribution in [1.29, 1.82) is 0 Å². The van der Waals surface area contributed by atoms with Crippen LogP contribution in [0.1, 0.15) is 10.4 Å². The number of rotatable bonds is 3. The predicted molar refractivity (Wildman–Crippen MR) is 52.5 cm³/mol. The van der Waals surface area contributed by atoms with Crippen LogP contribution in [0.5, 0.6) is 11.5 Å². The van der Waals surface area contributed by atoms with Crippen LogP contribution < -0.4 is 14.8 Å². The first-order valence-electron chi connectivity index (χ1n) is 4.57. The molecule has 16 heavy (non-hydrogen) atoms. The molecule has 0 fully saturated rings. The molecule has 0 saturated carbocycles. The fourth-order valence-corrected chi connectivity index (χ4v) is 1.36. The molecule has 2 N–H and O–H groups in total. The van der Waals surface area contributed by atoms with E-state index in [-0.39, 0.29) is 12.4 Å². The van der Waals surface area contributed by atoms with Crippen molar-refractivity contribution < 1.29 is 24.2 Å². The zero-order chi connectivity index (χ0) is 11.5. The first-order chi connectivity index (χ1) is 7.68. The van der Waals surface area contributed by atoms with Gasteiger partial charge in [0.15, 0.2) is 11.5 Å². The number of hydrogen-bond acceptors (Lipinski definition) is 4. The number of carboxylic acid groups (broad SMARTS) is 1. The van der Waals surface area contributed by atoms with Gasteiger partial charge in [-0.05, 0) is 12.1 Å². The molecule has 0 atom stereocenters. The number of carbonyl (C=O) groups is 2. The third kappa shape index (κ3) is 1.90. The second kappa shape index (κ2) is 4.09. The van der Waals surface area contributed by atoms with Gasteiger partial charge >= 0.3 is 5.97 Å². The summed E-state index contributed by atoms with van der Waals surface area (Å²) in [5.41, 5.74) is 0.274. The highest BCUT2D eigenvalue weighted by Crippen LogP contribution is 2.35. The molecule has 1 aromatic carbocycles. The lowest BCUT2D eigenvalue weighted by Gasteiger charge is -2.05. The van der Waals surface area contributed by atoms with Crippen LogP contribution in [0.4, 0.5) is 0 Å². The molecule has 0 bridgehead atoms. The number of ether oxygens (including phenoxy) is 2. The van der Waals surface area contributed by atoms with Gasteiger partial charge in [-0.2, -0.15) is 0 Å². The Morgan fingerprint density at radius 2 is 2.19 bits per heavy atom. The summed E-state index contributed by atoms with van der Waals surface area (Å²) in [5, 5.41) is 10.7.